The molecule has 0 aromatic heterocycles. The fourth-order valence-electron chi connectivity index (χ4n) is 0. The summed E-state index contributed by atoms with van der Waals surface area (Å²) < 4.78 is 0. The highest BCUT2D eigenvalue weighted by atomic mass is 17.0. The minimum Gasteiger partial charge on any atom is -0.870 e. The number of hydrogen-bond donors (Lipinski definition) is 3. The average Bonchev–Trinajstić information content (AvgIpc) is 1.50. The van der Waals surface area contributed by atoms with Crippen LogP contribution in [-0.2, 0) is 0 Å². The monoisotopic (exact) mass is 83.0 g/mol. The molecule has 0 saturated heterocycles. The first-order chi connectivity index (χ1) is 2.00. The van der Waals surface area contributed by atoms with E-state index in [0.717, 1.165) is 7.11 Å². The molecule has 0 atom stereocenters. The fraction of sp³-hybridized carbons (Fsp3) is 1.00. The lowest BCUT2D eigenvalue weighted by molar-refractivity contribution is -0.176. The van der Waals surface area contributed by atoms with Crippen molar-refractivity contribution in [1.82, 2.24) is 0 Å². The maximum Gasteiger partial charge on any atom is 0.0319 e. The van der Waals surface area contributed by atoms with E-state index in [1.165, 1.54) is 0 Å². The molecule has 0 rings (SSSR count). The Kier molecular flexibility index (Phi) is 5100. The van der Waals surface area contributed by atoms with Gasteiger partial charge in [0.1, 0.15) is 0 Å². The van der Waals surface area contributed by atoms with Gasteiger partial charge < -0.3 is 10.6 Å². The second-order valence-electron chi connectivity index (χ2n) is 0. The van der Waals surface area contributed by atoms with Gasteiger partial charge in [-0.05, 0) is 0 Å². The van der Waals surface area contributed by atoms with Gasteiger partial charge in [-0.1, -0.05) is 0 Å². The molecule has 0 amide bonds. The van der Waals surface area contributed by atoms with Crippen LogP contribution in [0, 0.1) is 0 Å². The van der Waals surface area contributed by atoms with Crippen LogP contribution in [0.15, 0.2) is 0 Å². The van der Waals surface area contributed by atoms with E-state index in [-0.39, 0.29) is 5.48 Å². The normalized spacial score (nSPS) is 2.40. The first-order valence-corrected chi connectivity index (χ1v) is 0.647. The second kappa shape index (κ2) is 1210. The van der Waals surface area contributed by atoms with Gasteiger partial charge in [0.05, 0.1) is 0 Å². The van der Waals surface area contributed by atoms with Gasteiger partial charge in [-0.2, -0.15) is 0 Å². The zero-order valence-electron chi connectivity index (χ0n) is 2.79. The molecule has 0 aromatic carbocycles. The van der Waals surface area contributed by atoms with E-state index in [4.69, 9.17) is 15.6 Å². The van der Waals surface area contributed by atoms with E-state index in [9.17, 15) is 0 Å². The summed E-state index contributed by atoms with van der Waals surface area (Å²) in [5, 5.41) is 19.0. The van der Waals surface area contributed by atoms with Crippen molar-refractivity contribution in [2.75, 3.05) is 7.11 Å². The molecule has 0 bridgehead atoms. The molecule has 5 heavy (non-hydrogen) atoms. The summed E-state index contributed by atoms with van der Waals surface area (Å²) in [6, 6.07) is 0. The Bertz CT molecular complexity index is 3.61. The molecule has 4 N–H and O–H groups in total. The van der Waals surface area contributed by atoms with Crippen molar-refractivity contribution in [1.29, 1.82) is 0 Å². The Morgan fingerprint density at radius 3 is 1.00 bits per heavy atom. The lowest BCUT2D eigenvalue weighted by atomic mass is 11.8. The third-order valence-corrected chi connectivity index (χ3v) is 0. The van der Waals surface area contributed by atoms with Gasteiger partial charge in [0.2, 0.25) is 0 Å². The summed E-state index contributed by atoms with van der Waals surface area (Å²) in [6.45, 7) is 0. The van der Waals surface area contributed by atoms with E-state index < -0.39 is 0 Å². The van der Waals surface area contributed by atoms with Gasteiger partial charge in [-0.25, -0.2) is 0 Å². The van der Waals surface area contributed by atoms with Crippen LogP contribution in [0.3, 0.4) is 0 Å². The van der Waals surface area contributed by atoms with Gasteiger partial charge >= 0.3 is 0 Å². The van der Waals surface area contributed by atoms with Crippen LogP contribution in [0.4, 0.5) is 0 Å². The van der Waals surface area contributed by atoms with Gasteiger partial charge in [0.25, 0.3) is 0 Å². The van der Waals surface area contributed by atoms with Crippen LogP contribution in [0.25, 0.3) is 0 Å². The molecule has 0 aliphatic carbocycles. The Balaban J connectivity index is -0.0000000133. The number of hydrogen-bond acceptors (Lipinski definition) is 4. The number of aliphatic hydroxyl groups excluding tert-OH is 1. The third kappa shape index (κ3) is 508. The highest BCUT2D eigenvalue weighted by Crippen LogP contribution is 0.755. The smallest absolute Gasteiger partial charge is 0.0319 e. The summed E-state index contributed by atoms with van der Waals surface area (Å²) in [5.74, 6) is 0. The lowest BCUT2D eigenvalue weighted by Crippen LogP contribution is -1.29. The zero-order valence-corrected chi connectivity index (χ0v) is 2.79. The molecule has 0 aromatic rings. The number of aliphatic hydroxyl groups is 1. The Morgan fingerprint density at radius 2 is 1.00 bits per heavy atom. The first-order valence-electron chi connectivity index (χ1n) is 0.647. The van der Waals surface area contributed by atoms with Crippen molar-refractivity contribution >= 4 is 0 Å². The van der Waals surface area contributed by atoms with E-state index in [1.54, 1.807) is 0 Å². The molecule has 0 aliphatic heterocycles. The summed E-state index contributed by atoms with van der Waals surface area (Å²) in [7, 11) is 1.00. The van der Waals surface area contributed by atoms with E-state index >= 15 is 0 Å². The van der Waals surface area contributed by atoms with Crippen molar-refractivity contribution < 1.29 is 21.1 Å². The summed E-state index contributed by atoms with van der Waals surface area (Å²) >= 11 is 0. The Morgan fingerprint density at radius 1 is 1.00 bits per heavy atom. The second-order valence-corrected chi connectivity index (χ2v) is 0. The van der Waals surface area contributed by atoms with Crippen molar-refractivity contribution in [2.45, 2.75) is 0 Å². The van der Waals surface area contributed by atoms with Crippen molar-refractivity contribution in [3.8, 4) is 0 Å². The van der Waals surface area contributed by atoms with Gasteiger partial charge in [-0.3, -0.25) is 10.5 Å². The quantitative estimate of drug-likeness (QED) is 0.270. The molecule has 0 unspecified atom stereocenters. The standard InChI is InChI=1S/CH4O.H2O2.H2O/c2*1-2;/h2H,1H3;1-2H;1H2/p-1. The van der Waals surface area contributed by atoms with Crippen molar-refractivity contribution in [3.63, 3.8) is 0 Å². The van der Waals surface area contributed by atoms with Gasteiger partial charge in [-0.15, -0.1) is 0 Å². The molecule has 0 heterocycles. The summed E-state index contributed by atoms with van der Waals surface area (Å²) in [4.78, 5) is 0. The summed E-state index contributed by atoms with van der Waals surface area (Å²) in [5.41, 5.74) is 0. The van der Waals surface area contributed by atoms with Crippen LogP contribution in [0.2, 0.25) is 0 Å². The molecule has 0 spiro atoms. The fourth-order valence-corrected chi connectivity index (χ4v) is 0. The third-order valence-electron chi connectivity index (χ3n) is 0. The lowest BCUT2D eigenvalue weighted by Gasteiger charge is -1.25. The van der Waals surface area contributed by atoms with Gasteiger partial charge in [0.15, 0.2) is 0 Å². The summed E-state index contributed by atoms with van der Waals surface area (Å²) in [6.07, 6.45) is 0. The highest BCUT2D eigenvalue weighted by Gasteiger charge is 0.839. The predicted octanol–water partition coefficient (Wildman–Crippen LogP) is -0.551. The molecule has 0 aliphatic rings. The molecule has 36 valence electrons. The van der Waals surface area contributed by atoms with Gasteiger partial charge in [0, 0.05) is 7.11 Å². The van der Waals surface area contributed by atoms with E-state index in [2.05, 4.69) is 0 Å². The first kappa shape index (κ1) is 21.1. The largest absolute Gasteiger partial charge is 0.870 e. The predicted molar refractivity (Wildman–Crippen MR) is 15.3 cm³/mol. The van der Waals surface area contributed by atoms with Crippen LogP contribution in [-0.4, -0.2) is 28.2 Å². The minimum atomic E-state index is 0. The van der Waals surface area contributed by atoms with E-state index in [1.807, 2.05) is 0 Å². The molecule has 0 saturated carbocycles. The van der Waals surface area contributed by atoms with Crippen molar-refractivity contribution in [3.05, 3.63) is 0 Å². The SMILES string of the molecule is CO.OO.[OH-]. The molecule has 0 fully saturated rings. The zero-order chi connectivity index (χ0) is 4.00. The molecular weight excluding hydrogens is 76.0 g/mol. The maximum atomic E-state index is 7.00. The van der Waals surface area contributed by atoms with Crippen LogP contribution in [0.1, 0.15) is 0 Å². The number of rotatable bonds is 0. The van der Waals surface area contributed by atoms with Crippen molar-refractivity contribution in [2.24, 2.45) is 0 Å². The Labute approximate surface area is 29.5 Å². The van der Waals surface area contributed by atoms with Crippen LogP contribution >= 0.6 is 0 Å². The molecule has 0 radical (unpaired) electrons. The molecule has 4 heteroatoms. The van der Waals surface area contributed by atoms with E-state index in [0.29, 0.717) is 0 Å². The Hall–Kier alpha value is -0.160. The maximum absolute atomic E-state index is 7.00. The van der Waals surface area contributed by atoms with Crippen LogP contribution in [0.5, 0.6) is 0 Å². The molecular formula is CH7O4-. The highest BCUT2D eigenvalue weighted by molar-refractivity contribution is 3.18. The topological polar surface area (TPSA) is 90.7 Å². The molecule has 4 nitrogen and oxygen atoms in total. The average molecular weight is 83.1 g/mol. The minimum absolute atomic E-state index is 0. The van der Waals surface area contributed by atoms with Crippen LogP contribution < -0.4 is 0 Å².